The molecule has 3 heterocycles. The smallest absolute Gasteiger partial charge is 0.338 e. The van der Waals surface area contributed by atoms with E-state index in [2.05, 4.69) is 11.8 Å². The van der Waals surface area contributed by atoms with Gasteiger partial charge in [-0.05, 0) is 75.6 Å². The molecule has 46 heavy (non-hydrogen) atoms. The number of piperidine rings is 2. The lowest BCUT2D eigenvalue weighted by Crippen LogP contribution is -2.85. The molecule has 1 aromatic carbocycles. The molecule has 14 atom stereocenters. The van der Waals surface area contributed by atoms with Gasteiger partial charge in [0.05, 0.1) is 24.4 Å². The molecule has 11 nitrogen and oxygen atoms in total. The maximum atomic E-state index is 13.3. The Labute approximate surface area is 269 Å². The molecule has 0 aromatic heterocycles. The van der Waals surface area contributed by atoms with E-state index in [4.69, 9.17) is 14.2 Å². The van der Waals surface area contributed by atoms with Gasteiger partial charge >= 0.3 is 5.97 Å². The third kappa shape index (κ3) is 3.44. The number of aliphatic hydroxyl groups is 6. The highest BCUT2D eigenvalue weighted by atomic mass is 16.7. The zero-order valence-corrected chi connectivity index (χ0v) is 27.2. The molecule has 4 aliphatic carbocycles. The van der Waals surface area contributed by atoms with Crippen molar-refractivity contribution in [2.75, 3.05) is 20.2 Å². The number of carbonyl (C=O) groups excluding carboxylic acids is 1. The Morgan fingerprint density at radius 3 is 2.30 bits per heavy atom. The van der Waals surface area contributed by atoms with Crippen LogP contribution in [0.5, 0.6) is 5.75 Å². The normalized spacial score (nSPS) is 55.5. The molecule has 3 aliphatic heterocycles. The molecule has 0 unspecified atom stereocenters. The van der Waals surface area contributed by atoms with E-state index < -0.39 is 81.2 Å². The van der Waals surface area contributed by atoms with Gasteiger partial charge in [-0.1, -0.05) is 13.8 Å². The highest BCUT2D eigenvalue weighted by molar-refractivity contribution is 5.89. The van der Waals surface area contributed by atoms with Crippen molar-refractivity contribution >= 4 is 5.97 Å². The molecular weight excluding hydrogens is 594 g/mol. The van der Waals surface area contributed by atoms with Crippen molar-refractivity contribution in [3.05, 3.63) is 29.8 Å². The summed E-state index contributed by atoms with van der Waals surface area (Å²) in [5.74, 6) is -3.69. The lowest BCUT2D eigenvalue weighted by atomic mass is 9.49. The number of esters is 1. The van der Waals surface area contributed by atoms with Crippen molar-refractivity contribution < 1.29 is 49.6 Å². The summed E-state index contributed by atoms with van der Waals surface area (Å²) in [6.45, 7) is 6.61. The summed E-state index contributed by atoms with van der Waals surface area (Å²) in [6, 6.07) is 6.14. The number of rotatable bonds is 3. The Hall–Kier alpha value is -1.83. The second-order valence-electron chi connectivity index (χ2n) is 16.4. The largest absolute Gasteiger partial charge is 0.497 e. The van der Waals surface area contributed by atoms with E-state index in [0.29, 0.717) is 55.9 Å². The molecule has 254 valence electrons. The Morgan fingerprint density at radius 1 is 0.913 bits per heavy atom. The van der Waals surface area contributed by atoms with Gasteiger partial charge in [-0.25, -0.2) is 4.79 Å². The fraction of sp³-hybridized carbons (Fsp3) is 0.800. The molecule has 8 rings (SSSR count). The first-order chi connectivity index (χ1) is 21.5. The van der Waals surface area contributed by atoms with E-state index in [1.165, 1.54) is 0 Å². The highest BCUT2D eigenvalue weighted by Gasteiger charge is 2.88. The van der Waals surface area contributed by atoms with Crippen molar-refractivity contribution in [3.8, 4) is 5.75 Å². The van der Waals surface area contributed by atoms with Gasteiger partial charge in [-0.2, -0.15) is 0 Å². The Morgan fingerprint density at radius 2 is 1.61 bits per heavy atom. The summed E-state index contributed by atoms with van der Waals surface area (Å²) in [5.41, 5.74) is -9.24. The van der Waals surface area contributed by atoms with E-state index in [0.717, 1.165) is 6.42 Å². The molecule has 6 N–H and O–H groups in total. The maximum absolute atomic E-state index is 13.3. The van der Waals surface area contributed by atoms with E-state index in [-0.39, 0.29) is 19.4 Å². The van der Waals surface area contributed by atoms with Crippen LogP contribution >= 0.6 is 0 Å². The van der Waals surface area contributed by atoms with E-state index in [1.54, 1.807) is 38.3 Å². The second kappa shape index (κ2) is 9.44. The molecule has 7 fully saturated rings. The minimum absolute atomic E-state index is 0.0839. The second-order valence-corrected chi connectivity index (χ2v) is 16.4. The number of hydrogen-bond acceptors (Lipinski definition) is 11. The van der Waals surface area contributed by atoms with Crippen LogP contribution in [0.4, 0.5) is 0 Å². The molecule has 1 spiro atoms. The van der Waals surface area contributed by atoms with Gasteiger partial charge in [-0.3, -0.25) is 4.90 Å². The van der Waals surface area contributed by atoms with Crippen LogP contribution in [0.3, 0.4) is 0 Å². The topological polar surface area (TPSA) is 169 Å². The number of ether oxygens (including phenoxy) is 3. The third-order valence-electron chi connectivity index (χ3n) is 14.6. The van der Waals surface area contributed by atoms with Crippen LogP contribution in [0.2, 0.25) is 0 Å². The predicted octanol–water partition coefficient (Wildman–Crippen LogP) is 1.35. The van der Waals surface area contributed by atoms with Gasteiger partial charge in [0, 0.05) is 55.1 Å². The average Bonchev–Trinajstić information content (AvgIpc) is 3.18. The van der Waals surface area contributed by atoms with Crippen molar-refractivity contribution in [3.63, 3.8) is 0 Å². The lowest BCUT2D eigenvalue weighted by Gasteiger charge is -2.68. The minimum atomic E-state index is -2.08. The van der Waals surface area contributed by atoms with Gasteiger partial charge in [0.1, 0.15) is 28.2 Å². The minimum Gasteiger partial charge on any atom is -0.497 e. The standard InChI is InChI=1S/C35H49NO10/c1-19-5-12-25-30(3,39)34(42)24(17-36(25)16-19)32(41)18-33-23(31(32,40)15-26(34)37)11-10-22-29(33,2)14-13-27(35(22,43)46-33)45-28(38)20-6-8-21(44-4)9-7-20/h6-9,19,22-27,37,39-43H,5,10-18H2,1-4H3/t19-,22-,23-,24-,25-,26-,27+,29-,30+,31+,32+,33+,34-,35-/m0/s1. The van der Waals surface area contributed by atoms with Gasteiger partial charge in [0.15, 0.2) is 6.10 Å². The first-order valence-corrected chi connectivity index (χ1v) is 17.1. The highest BCUT2D eigenvalue weighted by Crippen LogP contribution is 2.78. The first-order valence-electron chi connectivity index (χ1n) is 17.1. The summed E-state index contributed by atoms with van der Waals surface area (Å²) in [4.78, 5) is 15.4. The Balaban J connectivity index is 1.17. The van der Waals surface area contributed by atoms with Gasteiger partial charge in [-0.15, -0.1) is 0 Å². The maximum Gasteiger partial charge on any atom is 0.338 e. The quantitative estimate of drug-likeness (QED) is 0.263. The summed E-state index contributed by atoms with van der Waals surface area (Å²) in [5, 5.41) is 74.5. The number of hydrogen-bond donors (Lipinski definition) is 6. The van der Waals surface area contributed by atoms with Crippen LogP contribution < -0.4 is 4.74 Å². The molecule has 4 saturated carbocycles. The molecular formula is C35H49NO10. The molecule has 1 aromatic rings. The summed E-state index contributed by atoms with van der Waals surface area (Å²) >= 11 is 0. The third-order valence-corrected chi connectivity index (χ3v) is 14.6. The van der Waals surface area contributed by atoms with Crippen molar-refractivity contribution in [1.29, 1.82) is 0 Å². The lowest BCUT2D eigenvalue weighted by molar-refractivity contribution is -0.354. The molecule has 7 aliphatic rings. The van der Waals surface area contributed by atoms with Crippen molar-refractivity contribution in [2.24, 2.45) is 29.1 Å². The van der Waals surface area contributed by atoms with Crippen LogP contribution in [0.25, 0.3) is 0 Å². The molecule has 11 heteroatoms. The van der Waals surface area contributed by atoms with E-state index >= 15 is 0 Å². The number of nitrogens with zero attached hydrogens (tertiary/aromatic N) is 1. The molecule has 3 saturated heterocycles. The number of methoxy groups -OCH3 is 1. The van der Waals surface area contributed by atoms with Crippen LogP contribution in [0, 0.1) is 29.1 Å². The van der Waals surface area contributed by atoms with Crippen LogP contribution in [-0.2, 0) is 9.47 Å². The molecule has 0 amide bonds. The number of aliphatic hydroxyl groups excluding tert-OH is 1. The predicted molar refractivity (Wildman–Crippen MR) is 162 cm³/mol. The molecule has 0 radical (unpaired) electrons. The Bertz CT molecular complexity index is 1440. The zero-order valence-electron chi connectivity index (χ0n) is 27.2. The summed E-state index contributed by atoms with van der Waals surface area (Å²) in [6.07, 6.45) is 0.363. The fourth-order valence-corrected chi connectivity index (χ4v) is 12.4. The molecule has 4 bridgehead atoms. The van der Waals surface area contributed by atoms with Gasteiger partial charge in [0.2, 0.25) is 5.79 Å². The number of fused-ring (bicyclic) bond motifs is 5. The van der Waals surface area contributed by atoms with Crippen molar-refractivity contribution in [2.45, 2.75) is 124 Å². The number of carbonyl (C=O) groups is 1. The Kier molecular flexibility index (Phi) is 6.45. The fourth-order valence-electron chi connectivity index (χ4n) is 12.4. The van der Waals surface area contributed by atoms with Gasteiger partial charge < -0.3 is 44.8 Å². The van der Waals surface area contributed by atoms with Crippen LogP contribution in [-0.4, -0.2) is 114 Å². The van der Waals surface area contributed by atoms with Gasteiger partial charge in [0.25, 0.3) is 0 Å². The van der Waals surface area contributed by atoms with E-state index in [1.807, 2.05) is 6.92 Å². The average molecular weight is 644 g/mol. The summed E-state index contributed by atoms with van der Waals surface area (Å²) < 4.78 is 18.0. The number of benzene rings is 1. The summed E-state index contributed by atoms with van der Waals surface area (Å²) in [7, 11) is 1.54. The first kappa shape index (κ1) is 31.4. The van der Waals surface area contributed by atoms with E-state index in [9.17, 15) is 35.4 Å². The van der Waals surface area contributed by atoms with Crippen molar-refractivity contribution in [1.82, 2.24) is 4.90 Å². The SMILES string of the molecule is COc1ccc(C(=O)O[C@@H]2CC[C@@]3(C)[C@@H]4CC[C@H]5[C@]6(O)C[C@H](O)[C@@]7(O)[C@@H](CN8C[C@@H](C)CC[C@H]8[C@@]7(C)O)[C@]6(O)C[C@@]53O[C@@]42O)cc1. The van der Waals surface area contributed by atoms with Crippen LogP contribution in [0.15, 0.2) is 24.3 Å². The monoisotopic (exact) mass is 643 g/mol. The zero-order chi connectivity index (χ0) is 32.9. The van der Waals surface area contributed by atoms with Crippen LogP contribution in [0.1, 0.15) is 82.5 Å².